The highest BCUT2D eigenvalue weighted by molar-refractivity contribution is 7.91. The Hall–Kier alpha value is -1.77. The monoisotopic (exact) mass is 315 g/mol. The van der Waals surface area contributed by atoms with Gasteiger partial charge in [-0.3, -0.25) is 0 Å². The number of hydrogen-bond donors (Lipinski definition) is 1. The fourth-order valence-electron chi connectivity index (χ4n) is 1.39. The molecule has 0 unspecified atom stereocenters. The van der Waals surface area contributed by atoms with Gasteiger partial charge in [-0.1, -0.05) is 12.1 Å². The summed E-state index contributed by atoms with van der Waals surface area (Å²) in [6.07, 6.45) is 0. The molecule has 0 aliphatic heterocycles. The highest BCUT2D eigenvalue weighted by Crippen LogP contribution is 2.19. The molecule has 5 nitrogen and oxygen atoms in total. The Morgan fingerprint density at radius 3 is 2.50 bits per heavy atom. The first-order chi connectivity index (χ1) is 9.36. The molecule has 2 rings (SSSR count). The first-order valence-corrected chi connectivity index (χ1v) is 7.82. The Morgan fingerprint density at radius 2 is 1.95 bits per heavy atom. The quantitative estimate of drug-likeness (QED) is 0.873. The van der Waals surface area contributed by atoms with Gasteiger partial charge in [0.25, 0.3) is 0 Å². The molecule has 1 aromatic carbocycles. The Morgan fingerprint density at radius 1 is 1.30 bits per heavy atom. The van der Waals surface area contributed by atoms with E-state index in [2.05, 4.69) is 0 Å². The zero-order valence-corrected chi connectivity index (χ0v) is 11.7. The fraction of sp³-hybridized carbons (Fsp3) is 0.0833. The molecular weight excluding hydrogens is 305 g/mol. The molecule has 1 aromatic heterocycles. The topological polar surface area (TPSA) is 86.5 Å². The van der Waals surface area contributed by atoms with E-state index in [9.17, 15) is 17.6 Å². The van der Waals surface area contributed by atoms with Crippen LogP contribution in [0.4, 0.5) is 4.39 Å². The molecule has 8 heteroatoms. The van der Waals surface area contributed by atoms with Crippen LogP contribution in [-0.4, -0.2) is 14.4 Å². The van der Waals surface area contributed by atoms with Gasteiger partial charge in [0, 0.05) is 5.38 Å². The van der Waals surface area contributed by atoms with Gasteiger partial charge in [-0.05, 0) is 23.8 Å². The van der Waals surface area contributed by atoms with Crippen LogP contribution < -0.4 is 5.14 Å². The number of benzene rings is 1. The summed E-state index contributed by atoms with van der Waals surface area (Å²) in [7, 11) is -3.82. The summed E-state index contributed by atoms with van der Waals surface area (Å²) in [6.45, 7) is -0.0281. The Labute approximate surface area is 118 Å². The van der Waals surface area contributed by atoms with Crippen molar-refractivity contribution in [2.75, 3.05) is 0 Å². The third-order valence-corrected chi connectivity index (χ3v) is 4.76. The lowest BCUT2D eigenvalue weighted by atomic mass is 10.2. The van der Waals surface area contributed by atoms with Crippen LogP contribution in [0.3, 0.4) is 0 Å². The van der Waals surface area contributed by atoms with Crippen molar-refractivity contribution in [2.24, 2.45) is 5.14 Å². The minimum atomic E-state index is -3.82. The van der Waals surface area contributed by atoms with Gasteiger partial charge in [-0.2, -0.15) is 0 Å². The Balaban J connectivity index is 2.02. The first kappa shape index (κ1) is 14.6. The Bertz CT molecular complexity index is 722. The fourth-order valence-corrected chi connectivity index (χ4v) is 2.96. The standard InChI is InChI=1S/C12H10FNO4S2/c13-10-3-1-8(2-4-10)6-18-12(15)9-5-11(19-7-9)20(14,16)17/h1-5,7H,6H2,(H2,14,16,17). The zero-order valence-electron chi connectivity index (χ0n) is 10.1. The molecule has 0 bridgehead atoms. The minimum absolute atomic E-state index is 0.0281. The molecule has 0 spiro atoms. The molecule has 0 fully saturated rings. The summed E-state index contributed by atoms with van der Waals surface area (Å²) in [6, 6.07) is 6.66. The molecule has 0 saturated heterocycles. The molecule has 2 N–H and O–H groups in total. The summed E-state index contributed by atoms with van der Waals surface area (Å²) in [5.41, 5.74) is 0.739. The number of sulfonamides is 1. The van der Waals surface area contributed by atoms with Gasteiger partial charge in [0.05, 0.1) is 5.56 Å². The second kappa shape index (κ2) is 5.70. The van der Waals surface area contributed by atoms with E-state index < -0.39 is 16.0 Å². The molecule has 0 aliphatic rings. The minimum Gasteiger partial charge on any atom is -0.457 e. The summed E-state index contributed by atoms with van der Waals surface area (Å²) < 4.78 is 39.7. The number of primary sulfonamides is 1. The van der Waals surface area contributed by atoms with E-state index in [0.717, 1.165) is 17.4 Å². The lowest BCUT2D eigenvalue weighted by Gasteiger charge is -2.03. The molecule has 0 radical (unpaired) electrons. The molecule has 0 amide bonds. The van der Waals surface area contributed by atoms with E-state index in [-0.39, 0.29) is 22.2 Å². The van der Waals surface area contributed by atoms with Crippen LogP contribution in [0.25, 0.3) is 0 Å². The summed E-state index contributed by atoms with van der Waals surface area (Å²) in [4.78, 5) is 11.7. The average molecular weight is 315 g/mol. The molecule has 106 valence electrons. The lowest BCUT2D eigenvalue weighted by Crippen LogP contribution is -2.10. The van der Waals surface area contributed by atoms with Crippen molar-refractivity contribution < 1.29 is 22.3 Å². The van der Waals surface area contributed by atoms with Crippen LogP contribution >= 0.6 is 11.3 Å². The maximum Gasteiger partial charge on any atom is 0.339 e. The lowest BCUT2D eigenvalue weighted by molar-refractivity contribution is 0.0473. The summed E-state index contributed by atoms with van der Waals surface area (Å²) in [5.74, 6) is -1.05. The second-order valence-corrected chi connectivity index (χ2v) is 6.60. The number of halogens is 1. The molecule has 0 atom stereocenters. The third kappa shape index (κ3) is 3.62. The number of carbonyl (C=O) groups is 1. The number of ether oxygens (including phenoxy) is 1. The van der Waals surface area contributed by atoms with Crippen molar-refractivity contribution in [3.05, 3.63) is 52.7 Å². The van der Waals surface area contributed by atoms with Crippen molar-refractivity contribution in [1.82, 2.24) is 0 Å². The van der Waals surface area contributed by atoms with Crippen molar-refractivity contribution in [2.45, 2.75) is 10.8 Å². The van der Waals surface area contributed by atoms with E-state index in [0.29, 0.717) is 5.56 Å². The number of esters is 1. The predicted octanol–water partition coefficient (Wildman–Crippen LogP) is 1.89. The number of rotatable bonds is 4. The van der Waals surface area contributed by atoms with E-state index in [1.165, 1.54) is 29.6 Å². The molecule has 1 heterocycles. The van der Waals surface area contributed by atoms with Crippen LogP contribution in [0.15, 0.2) is 39.9 Å². The van der Waals surface area contributed by atoms with E-state index in [1.54, 1.807) is 0 Å². The first-order valence-electron chi connectivity index (χ1n) is 5.39. The van der Waals surface area contributed by atoms with Gasteiger partial charge < -0.3 is 4.74 Å². The largest absolute Gasteiger partial charge is 0.457 e. The van der Waals surface area contributed by atoms with Gasteiger partial charge in [-0.15, -0.1) is 11.3 Å². The Kier molecular flexibility index (Phi) is 4.17. The van der Waals surface area contributed by atoms with Crippen LogP contribution in [0.5, 0.6) is 0 Å². The normalized spacial score (nSPS) is 11.3. The van der Waals surface area contributed by atoms with Gasteiger partial charge in [-0.25, -0.2) is 22.7 Å². The van der Waals surface area contributed by atoms with E-state index in [4.69, 9.17) is 9.88 Å². The van der Waals surface area contributed by atoms with Gasteiger partial charge in [0.2, 0.25) is 10.0 Å². The van der Waals surface area contributed by atoms with Gasteiger partial charge in [0.15, 0.2) is 0 Å². The summed E-state index contributed by atoms with van der Waals surface area (Å²) >= 11 is 0.845. The maximum atomic E-state index is 12.7. The average Bonchev–Trinajstić information content (AvgIpc) is 2.87. The third-order valence-electron chi connectivity index (χ3n) is 2.37. The molecule has 0 aliphatic carbocycles. The highest BCUT2D eigenvalue weighted by Gasteiger charge is 2.16. The van der Waals surface area contributed by atoms with Gasteiger partial charge in [0.1, 0.15) is 16.6 Å². The SMILES string of the molecule is NS(=O)(=O)c1cc(C(=O)OCc2ccc(F)cc2)cs1. The molecule has 0 saturated carbocycles. The number of thiophene rings is 1. The maximum absolute atomic E-state index is 12.7. The van der Waals surface area contributed by atoms with Crippen molar-refractivity contribution >= 4 is 27.3 Å². The van der Waals surface area contributed by atoms with Crippen molar-refractivity contribution in [3.8, 4) is 0 Å². The van der Waals surface area contributed by atoms with Gasteiger partial charge >= 0.3 is 5.97 Å². The smallest absolute Gasteiger partial charge is 0.339 e. The molecular formula is C12H10FNO4S2. The molecule has 2 aromatic rings. The van der Waals surface area contributed by atoms with Crippen molar-refractivity contribution in [1.29, 1.82) is 0 Å². The number of nitrogens with two attached hydrogens (primary N) is 1. The zero-order chi connectivity index (χ0) is 14.8. The number of carbonyl (C=O) groups excluding carboxylic acids is 1. The van der Waals surface area contributed by atoms with Crippen LogP contribution in [0.2, 0.25) is 0 Å². The predicted molar refractivity (Wildman–Crippen MR) is 71.2 cm³/mol. The summed E-state index contributed by atoms with van der Waals surface area (Å²) in [5, 5.41) is 6.30. The van der Waals surface area contributed by atoms with E-state index in [1.807, 2.05) is 0 Å². The second-order valence-electron chi connectivity index (χ2n) is 3.90. The van der Waals surface area contributed by atoms with E-state index >= 15 is 0 Å². The van der Waals surface area contributed by atoms with Crippen molar-refractivity contribution in [3.63, 3.8) is 0 Å². The number of hydrogen-bond acceptors (Lipinski definition) is 5. The van der Waals surface area contributed by atoms with Crippen LogP contribution in [0, 0.1) is 5.82 Å². The highest BCUT2D eigenvalue weighted by atomic mass is 32.2. The molecule has 20 heavy (non-hydrogen) atoms. The van der Waals surface area contributed by atoms with Crippen LogP contribution in [0.1, 0.15) is 15.9 Å². The van der Waals surface area contributed by atoms with Crippen LogP contribution in [-0.2, 0) is 21.4 Å².